The number of benzene rings is 3. The highest BCUT2D eigenvalue weighted by molar-refractivity contribution is 6.30. The molecule has 3 aromatic carbocycles. The van der Waals surface area contributed by atoms with Crippen LogP contribution < -0.4 is 5.32 Å². The van der Waals surface area contributed by atoms with E-state index < -0.39 is 0 Å². The molecule has 0 heterocycles. The lowest BCUT2D eigenvalue weighted by Gasteiger charge is -2.15. The first-order chi connectivity index (χ1) is 11.3. The molecular formula is C21H16ClN. The Morgan fingerprint density at radius 1 is 0.783 bits per heavy atom. The second-order valence-corrected chi connectivity index (χ2v) is 5.57. The van der Waals surface area contributed by atoms with Gasteiger partial charge in [-0.15, -0.1) is 0 Å². The lowest BCUT2D eigenvalue weighted by Crippen LogP contribution is -2.08. The minimum absolute atomic E-state index is 0.102. The molecule has 1 atom stereocenters. The quantitative estimate of drug-likeness (QED) is 0.625. The van der Waals surface area contributed by atoms with E-state index in [9.17, 15) is 0 Å². The Bertz CT molecular complexity index is 816. The third-order valence-corrected chi connectivity index (χ3v) is 3.64. The molecule has 2 heteroatoms. The number of hydrogen-bond donors (Lipinski definition) is 1. The first-order valence-electron chi connectivity index (χ1n) is 7.45. The van der Waals surface area contributed by atoms with E-state index in [1.54, 1.807) is 0 Å². The summed E-state index contributed by atoms with van der Waals surface area (Å²) in [7, 11) is 0. The summed E-state index contributed by atoms with van der Waals surface area (Å²) < 4.78 is 0. The zero-order chi connectivity index (χ0) is 15.9. The maximum absolute atomic E-state index is 6.07. The Morgan fingerprint density at radius 3 is 2.17 bits per heavy atom. The van der Waals surface area contributed by atoms with Crippen molar-refractivity contribution in [2.45, 2.75) is 6.04 Å². The number of halogens is 1. The third kappa shape index (κ3) is 4.39. The summed E-state index contributed by atoms with van der Waals surface area (Å²) in [5.41, 5.74) is 3.07. The van der Waals surface area contributed by atoms with Crippen LogP contribution in [-0.4, -0.2) is 0 Å². The first-order valence-corrected chi connectivity index (χ1v) is 7.83. The summed E-state index contributed by atoms with van der Waals surface area (Å²) >= 11 is 6.07. The first kappa shape index (κ1) is 15.2. The van der Waals surface area contributed by atoms with Gasteiger partial charge in [0.25, 0.3) is 0 Å². The van der Waals surface area contributed by atoms with Gasteiger partial charge in [-0.1, -0.05) is 78.0 Å². The van der Waals surface area contributed by atoms with Crippen LogP contribution in [0, 0.1) is 11.8 Å². The minimum atomic E-state index is -0.102. The zero-order valence-corrected chi connectivity index (χ0v) is 13.3. The van der Waals surface area contributed by atoms with Crippen molar-refractivity contribution in [2.24, 2.45) is 0 Å². The van der Waals surface area contributed by atoms with E-state index in [0.29, 0.717) is 5.02 Å². The van der Waals surface area contributed by atoms with Crippen LogP contribution in [0.15, 0.2) is 84.9 Å². The fourth-order valence-electron chi connectivity index (χ4n) is 2.27. The Hall–Kier alpha value is -2.69. The van der Waals surface area contributed by atoms with E-state index in [2.05, 4.69) is 29.3 Å². The normalized spacial score (nSPS) is 11.2. The van der Waals surface area contributed by atoms with Crippen molar-refractivity contribution in [3.05, 3.63) is 101 Å². The summed E-state index contributed by atoms with van der Waals surface area (Å²) in [5, 5.41) is 4.15. The van der Waals surface area contributed by atoms with Crippen molar-refractivity contribution in [3.8, 4) is 11.8 Å². The van der Waals surface area contributed by atoms with Crippen LogP contribution >= 0.6 is 11.6 Å². The molecule has 3 rings (SSSR count). The van der Waals surface area contributed by atoms with Crippen molar-refractivity contribution in [1.82, 2.24) is 0 Å². The lowest BCUT2D eigenvalue weighted by molar-refractivity contribution is 1.02. The second kappa shape index (κ2) is 7.54. The molecule has 0 spiro atoms. The summed E-state index contributed by atoms with van der Waals surface area (Å²) in [6.45, 7) is 0. The van der Waals surface area contributed by atoms with Crippen LogP contribution in [-0.2, 0) is 0 Å². The van der Waals surface area contributed by atoms with E-state index in [4.69, 9.17) is 11.6 Å². The van der Waals surface area contributed by atoms with Crippen LogP contribution in [0.1, 0.15) is 17.2 Å². The molecule has 0 unspecified atom stereocenters. The van der Waals surface area contributed by atoms with Gasteiger partial charge in [0.05, 0.1) is 0 Å². The minimum Gasteiger partial charge on any atom is -0.368 e. The van der Waals surface area contributed by atoms with Gasteiger partial charge >= 0.3 is 0 Å². The van der Waals surface area contributed by atoms with Gasteiger partial charge in [-0.05, 0) is 35.9 Å². The molecule has 23 heavy (non-hydrogen) atoms. The molecule has 0 aliphatic heterocycles. The largest absolute Gasteiger partial charge is 0.368 e. The standard InChI is InChI=1S/C21H16ClN/c22-19-12-7-13-20(16-19)23-21(18-10-5-2-6-11-18)15-14-17-8-3-1-4-9-17/h1-13,16,21,23H/t21-/m0/s1. The molecule has 0 aliphatic rings. The number of hydrogen-bond acceptors (Lipinski definition) is 1. The van der Waals surface area contributed by atoms with E-state index in [0.717, 1.165) is 16.8 Å². The second-order valence-electron chi connectivity index (χ2n) is 5.13. The molecule has 0 aliphatic carbocycles. The van der Waals surface area contributed by atoms with Gasteiger partial charge in [-0.2, -0.15) is 0 Å². The highest BCUT2D eigenvalue weighted by Gasteiger charge is 2.08. The number of nitrogens with one attached hydrogen (secondary N) is 1. The molecule has 0 amide bonds. The molecule has 0 saturated heterocycles. The molecule has 0 bridgehead atoms. The average molecular weight is 318 g/mol. The predicted molar refractivity (Wildman–Crippen MR) is 97.6 cm³/mol. The Balaban J connectivity index is 1.90. The van der Waals surface area contributed by atoms with Gasteiger partial charge in [0.1, 0.15) is 6.04 Å². The fraction of sp³-hybridized carbons (Fsp3) is 0.0476. The van der Waals surface area contributed by atoms with Crippen molar-refractivity contribution >= 4 is 17.3 Å². The topological polar surface area (TPSA) is 12.0 Å². The molecule has 1 nitrogen and oxygen atoms in total. The van der Waals surface area contributed by atoms with Gasteiger partial charge < -0.3 is 5.32 Å². The van der Waals surface area contributed by atoms with Crippen molar-refractivity contribution < 1.29 is 0 Å². The van der Waals surface area contributed by atoms with E-state index in [-0.39, 0.29) is 6.04 Å². The summed E-state index contributed by atoms with van der Waals surface area (Å²) in [5.74, 6) is 6.55. The van der Waals surface area contributed by atoms with Crippen LogP contribution in [0.2, 0.25) is 5.02 Å². The molecule has 3 aromatic rings. The van der Waals surface area contributed by atoms with Crippen LogP contribution in [0.5, 0.6) is 0 Å². The molecule has 0 radical (unpaired) electrons. The third-order valence-electron chi connectivity index (χ3n) is 3.40. The molecule has 0 fully saturated rings. The highest BCUT2D eigenvalue weighted by Crippen LogP contribution is 2.21. The summed E-state index contributed by atoms with van der Waals surface area (Å²) in [6.07, 6.45) is 0. The van der Waals surface area contributed by atoms with Crippen LogP contribution in [0.3, 0.4) is 0 Å². The Morgan fingerprint density at radius 2 is 1.48 bits per heavy atom. The highest BCUT2D eigenvalue weighted by atomic mass is 35.5. The smallest absolute Gasteiger partial charge is 0.114 e. The van der Waals surface area contributed by atoms with Crippen molar-refractivity contribution in [3.63, 3.8) is 0 Å². The monoisotopic (exact) mass is 317 g/mol. The molecule has 112 valence electrons. The van der Waals surface area contributed by atoms with Crippen molar-refractivity contribution in [2.75, 3.05) is 5.32 Å². The fourth-order valence-corrected chi connectivity index (χ4v) is 2.46. The van der Waals surface area contributed by atoms with Gasteiger partial charge in [0.15, 0.2) is 0 Å². The molecule has 0 saturated carbocycles. The van der Waals surface area contributed by atoms with Gasteiger partial charge in [-0.3, -0.25) is 0 Å². The Labute approximate surface area is 141 Å². The SMILES string of the molecule is Clc1cccc(N[C@@H](C#Cc2ccccc2)c2ccccc2)c1. The van der Waals surface area contributed by atoms with Gasteiger partial charge in [-0.25, -0.2) is 0 Å². The van der Waals surface area contributed by atoms with Crippen LogP contribution in [0.4, 0.5) is 5.69 Å². The van der Waals surface area contributed by atoms with E-state index in [1.165, 1.54) is 0 Å². The molecule has 1 N–H and O–H groups in total. The predicted octanol–water partition coefficient (Wildman–Crippen LogP) is 5.54. The maximum atomic E-state index is 6.07. The van der Waals surface area contributed by atoms with Gasteiger partial charge in [0, 0.05) is 16.3 Å². The lowest BCUT2D eigenvalue weighted by atomic mass is 10.1. The van der Waals surface area contributed by atoms with Gasteiger partial charge in [0.2, 0.25) is 0 Å². The number of rotatable bonds is 3. The summed E-state index contributed by atoms with van der Waals surface area (Å²) in [6, 6.07) is 27.8. The zero-order valence-electron chi connectivity index (χ0n) is 12.5. The van der Waals surface area contributed by atoms with E-state index >= 15 is 0 Å². The summed E-state index contributed by atoms with van der Waals surface area (Å²) in [4.78, 5) is 0. The molecule has 0 aromatic heterocycles. The van der Waals surface area contributed by atoms with Crippen molar-refractivity contribution in [1.29, 1.82) is 0 Å². The maximum Gasteiger partial charge on any atom is 0.114 e. The average Bonchev–Trinajstić information content (AvgIpc) is 2.60. The number of anilines is 1. The molecular weight excluding hydrogens is 302 g/mol. The van der Waals surface area contributed by atoms with E-state index in [1.807, 2.05) is 72.8 Å². The van der Waals surface area contributed by atoms with Crippen LogP contribution in [0.25, 0.3) is 0 Å². The Kier molecular flexibility index (Phi) is 4.99.